The predicted molar refractivity (Wildman–Crippen MR) is 47.9 cm³/mol. The molecule has 0 aromatic rings. The summed E-state index contributed by atoms with van der Waals surface area (Å²) in [6.45, 7) is 3.96. The van der Waals surface area contributed by atoms with Gasteiger partial charge in [-0.1, -0.05) is 6.92 Å². The Morgan fingerprint density at radius 3 is 2.83 bits per heavy atom. The van der Waals surface area contributed by atoms with Crippen molar-refractivity contribution in [2.24, 2.45) is 5.92 Å². The molecule has 1 aliphatic heterocycles. The Kier molecular flexibility index (Phi) is 2.11. The van der Waals surface area contributed by atoms with Gasteiger partial charge >= 0.3 is 0 Å². The van der Waals surface area contributed by atoms with E-state index in [1.165, 1.54) is 25.7 Å². The minimum atomic E-state index is -0.171. The molecule has 0 unspecified atom stereocenters. The number of alkyl halides is 1. The van der Waals surface area contributed by atoms with Gasteiger partial charge < -0.3 is 0 Å². The summed E-state index contributed by atoms with van der Waals surface area (Å²) in [4.78, 5) is 2.38. The average Bonchev–Trinajstić information content (AvgIpc) is 2.77. The van der Waals surface area contributed by atoms with Gasteiger partial charge in [0, 0.05) is 12.1 Å². The van der Waals surface area contributed by atoms with E-state index in [0.29, 0.717) is 12.1 Å². The summed E-state index contributed by atoms with van der Waals surface area (Å²) in [5.41, 5.74) is 0.462. The number of halogens is 1. The third kappa shape index (κ3) is 1.37. The molecule has 0 aromatic heterocycles. The first kappa shape index (κ1) is 8.49. The second kappa shape index (κ2) is 2.99. The molecule has 0 radical (unpaired) electrons. The Labute approximate surface area is 73.9 Å². The molecule has 1 saturated heterocycles. The minimum Gasteiger partial charge on any atom is -0.295 e. The van der Waals surface area contributed by atoms with Crippen LogP contribution in [0.5, 0.6) is 0 Å². The van der Waals surface area contributed by atoms with Crippen LogP contribution in [0.25, 0.3) is 0 Å². The first-order chi connectivity index (χ1) is 5.77. The first-order valence-electron chi connectivity index (χ1n) is 5.08. The Hall–Kier alpha value is -0.110. The van der Waals surface area contributed by atoms with Crippen molar-refractivity contribution in [1.29, 1.82) is 0 Å². The molecule has 1 atom stereocenters. The van der Waals surface area contributed by atoms with Crippen molar-refractivity contribution in [3.63, 3.8) is 0 Å². The summed E-state index contributed by atoms with van der Waals surface area (Å²) >= 11 is 0. The van der Waals surface area contributed by atoms with Gasteiger partial charge in [-0.2, -0.15) is 0 Å². The van der Waals surface area contributed by atoms with E-state index < -0.39 is 0 Å². The molecular formula is C10H18FN. The van der Waals surface area contributed by atoms with Crippen LogP contribution in [-0.4, -0.2) is 30.2 Å². The molecule has 1 spiro atoms. The van der Waals surface area contributed by atoms with Crippen LogP contribution in [0.4, 0.5) is 4.39 Å². The van der Waals surface area contributed by atoms with Crippen molar-refractivity contribution < 1.29 is 4.39 Å². The number of piperidine rings is 1. The van der Waals surface area contributed by atoms with Gasteiger partial charge in [-0.3, -0.25) is 4.90 Å². The Morgan fingerprint density at radius 1 is 1.50 bits per heavy atom. The topological polar surface area (TPSA) is 3.24 Å². The summed E-state index contributed by atoms with van der Waals surface area (Å²) in [5, 5.41) is 0. The predicted octanol–water partition coefficient (Wildman–Crippen LogP) is 2.22. The average molecular weight is 171 g/mol. The van der Waals surface area contributed by atoms with Crippen molar-refractivity contribution >= 4 is 0 Å². The molecule has 2 rings (SSSR count). The zero-order valence-electron chi connectivity index (χ0n) is 7.85. The van der Waals surface area contributed by atoms with E-state index >= 15 is 0 Å². The van der Waals surface area contributed by atoms with Crippen LogP contribution < -0.4 is 0 Å². The fraction of sp³-hybridized carbons (Fsp3) is 1.00. The van der Waals surface area contributed by atoms with Crippen molar-refractivity contribution in [2.45, 2.75) is 38.1 Å². The molecule has 0 aromatic carbocycles. The molecule has 2 heteroatoms. The van der Waals surface area contributed by atoms with Crippen LogP contribution >= 0.6 is 0 Å². The molecule has 2 aliphatic rings. The molecule has 1 saturated carbocycles. The summed E-state index contributed by atoms with van der Waals surface area (Å²) in [6, 6.07) is 0. The van der Waals surface area contributed by atoms with Crippen molar-refractivity contribution in [3.05, 3.63) is 0 Å². The van der Waals surface area contributed by atoms with Crippen LogP contribution in [0.2, 0.25) is 0 Å². The molecule has 1 aliphatic carbocycles. The van der Waals surface area contributed by atoms with Gasteiger partial charge in [0.15, 0.2) is 0 Å². The van der Waals surface area contributed by atoms with E-state index in [1.54, 1.807) is 0 Å². The van der Waals surface area contributed by atoms with Crippen LogP contribution in [-0.2, 0) is 0 Å². The zero-order chi connectivity index (χ0) is 8.60. The standard InChI is InChI=1S/C10H18FN/c1-9-2-6-12(7-5-11)10(8-9)3-4-10/h9H,2-8H2,1H3/t9-/m1/s1. The van der Waals surface area contributed by atoms with Gasteiger partial charge in [0.1, 0.15) is 6.67 Å². The van der Waals surface area contributed by atoms with Crippen LogP contribution in [0.1, 0.15) is 32.6 Å². The Bertz CT molecular complexity index is 165. The van der Waals surface area contributed by atoms with Gasteiger partial charge in [0.25, 0.3) is 0 Å². The lowest BCUT2D eigenvalue weighted by Crippen LogP contribution is -2.44. The lowest BCUT2D eigenvalue weighted by Gasteiger charge is -2.38. The number of rotatable bonds is 2. The normalized spacial score (nSPS) is 34.0. The number of hydrogen-bond donors (Lipinski definition) is 0. The van der Waals surface area contributed by atoms with E-state index in [1.807, 2.05) is 0 Å². The molecular weight excluding hydrogens is 153 g/mol. The van der Waals surface area contributed by atoms with E-state index in [-0.39, 0.29) is 6.67 Å². The maximum atomic E-state index is 12.2. The third-order valence-corrected chi connectivity index (χ3v) is 3.47. The lowest BCUT2D eigenvalue weighted by molar-refractivity contribution is 0.0924. The van der Waals surface area contributed by atoms with Crippen molar-refractivity contribution in [2.75, 3.05) is 19.8 Å². The second-order valence-electron chi connectivity index (χ2n) is 4.50. The highest BCUT2D eigenvalue weighted by atomic mass is 19.1. The highest BCUT2D eigenvalue weighted by molar-refractivity contribution is 5.06. The van der Waals surface area contributed by atoms with Gasteiger partial charge in [0.05, 0.1) is 0 Å². The zero-order valence-corrected chi connectivity index (χ0v) is 7.85. The van der Waals surface area contributed by atoms with Crippen molar-refractivity contribution in [3.8, 4) is 0 Å². The molecule has 0 N–H and O–H groups in total. The summed E-state index contributed by atoms with van der Waals surface area (Å²) in [5.74, 6) is 0.864. The fourth-order valence-corrected chi connectivity index (χ4v) is 2.61. The smallest absolute Gasteiger partial charge is 0.102 e. The molecule has 12 heavy (non-hydrogen) atoms. The maximum Gasteiger partial charge on any atom is 0.102 e. The monoisotopic (exact) mass is 171 g/mol. The van der Waals surface area contributed by atoms with E-state index in [2.05, 4.69) is 11.8 Å². The molecule has 70 valence electrons. The number of likely N-dealkylation sites (tertiary alicyclic amines) is 1. The third-order valence-electron chi connectivity index (χ3n) is 3.47. The first-order valence-corrected chi connectivity index (χ1v) is 5.08. The Morgan fingerprint density at radius 2 is 2.25 bits per heavy atom. The van der Waals surface area contributed by atoms with Crippen LogP contribution in [0.15, 0.2) is 0 Å². The molecule has 1 nitrogen and oxygen atoms in total. The largest absolute Gasteiger partial charge is 0.295 e. The Balaban J connectivity index is 1.96. The second-order valence-corrected chi connectivity index (χ2v) is 4.50. The van der Waals surface area contributed by atoms with Gasteiger partial charge in [-0.15, -0.1) is 0 Å². The highest BCUT2D eigenvalue weighted by Crippen LogP contribution is 2.49. The molecule has 2 fully saturated rings. The quantitative estimate of drug-likeness (QED) is 0.615. The fourth-order valence-electron chi connectivity index (χ4n) is 2.61. The SMILES string of the molecule is C[C@@H]1CCN(CCF)C2(CC2)C1. The van der Waals surface area contributed by atoms with Crippen LogP contribution in [0.3, 0.4) is 0 Å². The number of hydrogen-bond acceptors (Lipinski definition) is 1. The number of nitrogens with zero attached hydrogens (tertiary/aromatic N) is 1. The summed E-state index contributed by atoms with van der Waals surface area (Å²) in [6.07, 6.45) is 5.21. The molecule has 1 heterocycles. The molecule has 0 amide bonds. The minimum absolute atomic E-state index is 0.171. The highest BCUT2D eigenvalue weighted by Gasteiger charge is 2.49. The summed E-state index contributed by atoms with van der Waals surface area (Å²) < 4.78 is 12.2. The van der Waals surface area contributed by atoms with Gasteiger partial charge in [-0.05, 0) is 38.1 Å². The van der Waals surface area contributed by atoms with E-state index in [9.17, 15) is 4.39 Å². The van der Waals surface area contributed by atoms with E-state index in [4.69, 9.17) is 0 Å². The van der Waals surface area contributed by atoms with E-state index in [0.717, 1.165) is 12.5 Å². The van der Waals surface area contributed by atoms with Crippen molar-refractivity contribution in [1.82, 2.24) is 4.90 Å². The molecule has 0 bridgehead atoms. The van der Waals surface area contributed by atoms with Crippen LogP contribution in [0, 0.1) is 5.92 Å². The summed E-state index contributed by atoms with van der Waals surface area (Å²) in [7, 11) is 0. The van der Waals surface area contributed by atoms with Gasteiger partial charge in [0.2, 0.25) is 0 Å². The maximum absolute atomic E-state index is 12.2. The van der Waals surface area contributed by atoms with Gasteiger partial charge in [-0.25, -0.2) is 4.39 Å². The lowest BCUT2D eigenvalue weighted by atomic mass is 9.90.